The maximum atomic E-state index is 14.0. The zero-order valence-electron chi connectivity index (χ0n) is 35.2. The van der Waals surface area contributed by atoms with E-state index in [0.717, 1.165) is 66.3 Å². The van der Waals surface area contributed by atoms with Gasteiger partial charge in [-0.05, 0) is 78.6 Å². The Hall–Kier alpha value is -4.40. The molecule has 0 aromatic heterocycles. The minimum absolute atomic E-state index is 0.0352. The van der Waals surface area contributed by atoms with Crippen LogP contribution in [0.3, 0.4) is 0 Å². The summed E-state index contributed by atoms with van der Waals surface area (Å²) in [5.74, 6) is 0.0703. The van der Waals surface area contributed by atoms with E-state index in [2.05, 4.69) is 189 Å². The number of hydrogen-bond donors (Lipinski definition) is 2. The van der Waals surface area contributed by atoms with Crippen LogP contribution in [0, 0.1) is 21.7 Å². The largest absolute Gasteiger partial charge is 0.360 e. The minimum atomic E-state index is -0.306. The topological polar surface area (TPSA) is 58.2 Å². The van der Waals surface area contributed by atoms with Crippen molar-refractivity contribution in [2.75, 3.05) is 10.6 Å². The number of benzene rings is 4. The number of carbonyl (C=O) groups excluding carboxylic acids is 2. The molecule has 2 aliphatic rings. The average Bonchev–Trinajstić information content (AvgIpc) is 3.12. The summed E-state index contributed by atoms with van der Waals surface area (Å²) in [5.41, 5.74) is 8.01. The zero-order chi connectivity index (χ0) is 41.4. The number of halogens is 1. The molecule has 288 valence electrons. The molecule has 0 unspecified atom stereocenters. The van der Waals surface area contributed by atoms with Crippen molar-refractivity contribution in [3.63, 3.8) is 0 Å². The summed E-state index contributed by atoms with van der Waals surface area (Å²) in [6.45, 7) is 25.7. The maximum Gasteiger partial charge on any atom is 0.293 e. The van der Waals surface area contributed by atoms with Crippen LogP contribution >= 0.6 is 10.0 Å². The molecule has 2 radical (unpaired) electrons. The van der Waals surface area contributed by atoms with Gasteiger partial charge in [0.05, 0.1) is 0 Å². The van der Waals surface area contributed by atoms with E-state index in [4.69, 9.17) is 0 Å². The Morgan fingerprint density at radius 3 is 1.12 bits per heavy atom. The van der Waals surface area contributed by atoms with Crippen molar-refractivity contribution < 1.29 is 9.59 Å². The van der Waals surface area contributed by atoms with Crippen LogP contribution in [-0.2, 0) is 9.59 Å². The van der Waals surface area contributed by atoms with E-state index in [9.17, 15) is 9.59 Å². The first-order chi connectivity index (χ1) is 26.1. The number of anilines is 2. The summed E-state index contributed by atoms with van der Waals surface area (Å²) < 4.78 is 0. The fourth-order valence-electron chi connectivity index (χ4n) is 7.13. The van der Waals surface area contributed by atoms with Gasteiger partial charge in [0.15, 0.2) is 11.6 Å². The van der Waals surface area contributed by atoms with Gasteiger partial charge >= 0.3 is 0 Å². The van der Waals surface area contributed by atoms with E-state index < -0.39 is 0 Å². The van der Waals surface area contributed by atoms with E-state index in [0.29, 0.717) is 11.1 Å². The molecule has 0 aliphatic heterocycles. The lowest BCUT2D eigenvalue weighted by Crippen LogP contribution is -2.24. The van der Waals surface area contributed by atoms with Gasteiger partial charge in [-0.2, -0.15) is 0 Å². The summed E-state index contributed by atoms with van der Waals surface area (Å²) in [7, 11) is 4.56. The Morgan fingerprint density at radius 1 is 0.464 bits per heavy atom. The van der Waals surface area contributed by atoms with Gasteiger partial charge < -0.3 is 10.6 Å². The highest BCUT2D eigenvalue weighted by Gasteiger charge is 2.33. The number of carbonyl (C=O) groups is 2. The monoisotopic (exact) mass is 778 g/mol. The number of fused-ring (bicyclic) bond motifs is 2. The fourth-order valence-corrected chi connectivity index (χ4v) is 7.13. The van der Waals surface area contributed by atoms with Gasteiger partial charge in [-0.25, -0.2) is 0 Å². The van der Waals surface area contributed by atoms with Gasteiger partial charge in [0.2, 0.25) is 0 Å². The van der Waals surface area contributed by atoms with E-state index in [1.807, 2.05) is 39.9 Å². The van der Waals surface area contributed by atoms with E-state index in [-0.39, 0.29) is 33.2 Å². The van der Waals surface area contributed by atoms with Gasteiger partial charge in [-0.1, -0.05) is 156 Å². The molecule has 0 heterocycles. The second-order valence-corrected chi connectivity index (χ2v) is 18.9. The van der Waals surface area contributed by atoms with Crippen LogP contribution in [-0.4, -0.2) is 26.9 Å². The van der Waals surface area contributed by atoms with Crippen molar-refractivity contribution in [3.05, 3.63) is 143 Å². The lowest BCUT2D eigenvalue weighted by atomic mass is 9.73. The number of rotatable bonds is 5. The van der Waals surface area contributed by atoms with Crippen molar-refractivity contribution in [2.45, 2.75) is 83.1 Å². The molecule has 6 heteroatoms. The van der Waals surface area contributed by atoms with Crippen molar-refractivity contribution in [2.24, 2.45) is 21.7 Å². The average molecular weight is 779 g/mol. The molecule has 0 atom stereocenters. The van der Waals surface area contributed by atoms with Crippen LogP contribution in [0.4, 0.5) is 11.4 Å². The number of nitrogens with one attached hydrogen (secondary N) is 2. The Labute approximate surface area is 347 Å². The third-order valence-electron chi connectivity index (χ3n) is 10.5. The van der Waals surface area contributed by atoms with Crippen LogP contribution in [0.5, 0.6) is 0 Å². The highest BCUT2D eigenvalue weighted by molar-refractivity contribution is 6.80. The van der Waals surface area contributed by atoms with Gasteiger partial charge in [-0.3, -0.25) is 19.6 Å². The molecule has 4 aromatic carbocycles. The molecule has 0 spiro atoms. The van der Waals surface area contributed by atoms with Crippen LogP contribution in [0.25, 0.3) is 32.7 Å². The SMILES string of the molecule is CC(C)(C)C1=C/C(=C/Nc2ccc3ccccc3c2-c2c(N/C=C3/C=C(C(C)(C)C)C=C(C(C)(C)C)C3=O)ccc3ccccc23)C(=O)C(C(C)(C)C)=C1.[Al][Cl]. The third kappa shape index (κ3) is 9.08. The van der Waals surface area contributed by atoms with Crippen LogP contribution in [0.2, 0.25) is 0 Å². The summed E-state index contributed by atoms with van der Waals surface area (Å²) >= 11 is 1.89. The normalized spacial score (nSPS) is 16.9. The molecule has 2 aliphatic carbocycles. The second-order valence-electron chi connectivity index (χ2n) is 18.9. The predicted octanol–water partition coefficient (Wildman–Crippen LogP) is 13.6. The maximum absolute atomic E-state index is 14.0. The standard InChI is InChI=1S/C50H56N2O2.Al.ClH/c1-47(2,3)35-25-33(45(53)39(27-35)49(7,8)9)29-51-41-23-21-31-17-13-15-19-37(31)43(41)44-38-20-16-14-18-32(38)22-24-42(44)52-30-34-26-36(48(4,5)6)28-40(46(34)54)50(10,11)12;;/h13-30,51-52H,1-12H3;;1H/q;+1;/p-1/b33-29-,34-30-;;. The Kier molecular flexibility index (Phi) is 12.4. The minimum Gasteiger partial charge on any atom is -0.360 e. The number of allylic oxidation sites excluding steroid dienone is 10. The summed E-state index contributed by atoms with van der Waals surface area (Å²) in [4.78, 5) is 28.0. The highest BCUT2D eigenvalue weighted by Crippen LogP contribution is 2.45. The van der Waals surface area contributed by atoms with Gasteiger partial charge in [0, 0.05) is 57.2 Å². The van der Waals surface area contributed by atoms with Crippen LogP contribution in [0.15, 0.2) is 143 Å². The number of Topliss-reactive ketones (excluding diaryl/α,β-unsaturated/α-hetero) is 2. The van der Waals surface area contributed by atoms with Crippen molar-refractivity contribution in [3.8, 4) is 11.1 Å². The lowest BCUT2D eigenvalue weighted by molar-refractivity contribution is -0.113. The molecule has 56 heavy (non-hydrogen) atoms. The number of ketones is 2. The van der Waals surface area contributed by atoms with Crippen molar-refractivity contribution in [1.29, 1.82) is 0 Å². The second kappa shape index (κ2) is 16.2. The zero-order valence-corrected chi connectivity index (χ0v) is 37.1. The van der Waals surface area contributed by atoms with Crippen molar-refractivity contribution >= 4 is 69.9 Å². The molecule has 0 bridgehead atoms. The molecule has 0 fully saturated rings. The first-order valence-electron chi connectivity index (χ1n) is 19.3. The van der Waals surface area contributed by atoms with Gasteiger partial charge in [-0.15, -0.1) is 0 Å². The predicted molar refractivity (Wildman–Crippen MR) is 242 cm³/mol. The fraction of sp³-hybridized carbons (Fsp3) is 0.320. The Bertz CT molecular complexity index is 2220. The molecule has 0 saturated carbocycles. The van der Waals surface area contributed by atoms with Gasteiger partial charge in [0.25, 0.3) is 15.4 Å². The first kappa shape index (κ1) is 42.7. The molecule has 4 nitrogen and oxygen atoms in total. The van der Waals surface area contributed by atoms with E-state index in [1.54, 1.807) is 0 Å². The Morgan fingerprint density at radius 2 is 0.804 bits per heavy atom. The molecule has 6 rings (SSSR count). The van der Waals surface area contributed by atoms with Crippen LogP contribution in [0.1, 0.15) is 83.1 Å². The summed E-state index contributed by atoms with van der Waals surface area (Å²) in [6, 6.07) is 25.3. The lowest BCUT2D eigenvalue weighted by Gasteiger charge is -2.30. The van der Waals surface area contributed by atoms with Gasteiger partial charge in [0.1, 0.15) is 0 Å². The molecular weight excluding hydrogens is 723 g/mol. The molecule has 4 aromatic rings. The highest BCUT2D eigenvalue weighted by atomic mass is 35.6. The number of hydrogen-bond acceptors (Lipinski definition) is 4. The van der Waals surface area contributed by atoms with Crippen molar-refractivity contribution in [1.82, 2.24) is 0 Å². The third-order valence-corrected chi connectivity index (χ3v) is 10.5. The van der Waals surface area contributed by atoms with E-state index >= 15 is 0 Å². The molecule has 2 N–H and O–H groups in total. The van der Waals surface area contributed by atoms with Crippen LogP contribution < -0.4 is 10.6 Å². The quantitative estimate of drug-likeness (QED) is 0.156. The van der Waals surface area contributed by atoms with E-state index in [1.165, 1.54) is 0 Å². The Balaban J connectivity index is 0.00000295. The summed E-state index contributed by atoms with van der Waals surface area (Å²) in [6.07, 6.45) is 12.0. The summed E-state index contributed by atoms with van der Waals surface area (Å²) in [5, 5.41) is 11.6. The molecule has 0 saturated heterocycles. The first-order valence-corrected chi connectivity index (χ1v) is 21.1. The molecular formula is C50H56AlClN2O2. The smallest absolute Gasteiger partial charge is 0.293 e. The molecule has 0 amide bonds.